The van der Waals surface area contributed by atoms with Gasteiger partial charge in [0.05, 0.1) is 0 Å². The lowest BCUT2D eigenvalue weighted by molar-refractivity contribution is 0.0939. The molecule has 1 unspecified atom stereocenters. The minimum atomic E-state index is -0.185. The molecule has 1 heterocycles. The van der Waals surface area contributed by atoms with Gasteiger partial charge in [-0.15, -0.1) is 0 Å². The van der Waals surface area contributed by atoms with Gasteiger partial charge in [-0.2, -0.15) is 0 Å². The Morgan fingerprint density at radius 3 is 2.47 bits per heavy atom. The minimum absolute atomic E-state index is 0.128. The number of rotatable bonds is 3. The Bertz CT molecular complexity index is 348. The molecule has 1 N–H and O–H groups in total. The number of aromatic nitrogens is 1. The molecule has 1 rings (SSSR count). The third-order valence-electron chi connectivity index (χ3n) is 2.01. The Hall–Kier alpha value is -0.800. The molecular weight excluding hydrogens is 235 g/mol. The van der Waals surface area contributed by atoms with Crippen molar-refractivity contribution in [3.8, 4) is 0 Å². The average molecular weight is 247 g/mol. The second-order valence-electron chi connectivity index (χ2n) is 3.28. The van der Waals surface area contributed by atoms with Crippen LogP contribution in [-0.2, 0) is 0 Å². The molecule has 0 aromatic carbocycles. The molecule has 0 saturated carbocycles. The maximum absolute atomic E-state index is 11.7. The molecule has 1 aromatic heterocycles. The minimum Gasteiger partial charge on any atom is -0.350 e. The third-order valence-corrected chi connectivity index (χ3v) is 2.40. The highest BCUT2D eigenvalue weighted by Gasteiger charge is 2.10. The lowest BCUT2D eigenvalue weighted by Crippen LogP contribution is -2.31. The van der Waals surface area contributed by atoms with Crippen molar-refractivity contribution in [3.63, 3.8) is 0 Å². The second-order valence-corrected chi connectivity index (χ2v) is 4.06. The van der Waals surface area contributed by atoms with Crippen LogP contribution in [0.25, 0.3) is 0 Å². The van der Waals surface area contributed by atoms with Gasteiger partial charge >= 0.3 is 0 Å². The van der Waals surface area contributed by atoms with Crippen molar-refractivity contribution in [2.75, 3.05) is 0 Å². The SMILES string of the molecule is CCC(C)NC(=O)c1cc(Cl)nc(Cl)c1. The number of hydrogen-bond donors (Lipinski definition) is 1. The molecule has 0 aliphatic heterocycles. The van der Waals surface area contributed by atoms with Crippen LogP contribution in [0.15, 0.2) is 12.1 Å². The molecule has 0 spiro atoms. The summed E-state index contributed by atoms with van der Waals surface area (Å²) in [6.45, 7) is 3.93. The third kappa shape index (κ3) is 3.68. The maximum Gasteiger partial charge on any atom is 0.251 e. The van der Waals surface area contributed by atoms with E-state index >= 15 is 0 Å². The Labute approximate surface area is 98.8 Å². The van der Waals surface area contributed by atoms with Gasteiger partial charge in [0.25, 0.3) is 5.91 Å². The first-order valence-corrected chi connectivity index (χ1v) is 5.42. The lowest BCUT2D eigenvalue weighted by atomic mass is 10.2. The number of carbonyl (C=O) groups excluding carboxylic acids is 1. The zero-order chi connectivity index (χ0) is 11.4. The smallest absolute Gasteiger partial charge is 0.251 e. The summed E-state index contributed by atoms with van der Waals surface area (Å²) in [4.78, 5) is 15.4. The molecule has 0 bridgehead atoms. The summed E-state index contributed by atoms with van der Waals surface area (Å²) in [6, 6.07) is 3.11. The topological polar surface area (TPSA) is 42.0 Å². The predicted molar refractivity (Wildman–Crippen MR) is 61.5 cm³/mol. The highest BCUT2D eigenvalue weighted by atomic mass is 35.5. The quantitative estimate of drug-likeness (QED) is 0.834. The van der Waals surface area contributed by atoms with Gasteiger partial charge in [0.15, 0.2) is 0 Å². The number of carbonyl (C=O) groups is 1. The van der Waals surface area contributed by atoms with E-state index in [1.54, 1.807) is 0 Å². The van der Waals surface area contributed by atoms with Crippen LogP contribution in [0.3, 0.4) is 0 Å². The van der Waals surface area contributed by atoms with Crippen LogP contribution < -0.4 is 5.32 Å². The number of pyridine rings is 1. The van der Waals surface area contributed by atoms with E-state index in [0.717, 1.165) is 6.42 Å². The van der Waals surface area contributed by atoms with Gasteiger partial charge in [-0.25, -0.2) is 4.98 Å². The van der Waals surface area contributed by atoms with Crippen molar-refractivity contribution in [2.45, 2.75) is 26.3 Å². The van der Waals surface area contributed by atoms with Crippen LogP contribution in [0.5, 0.6) is 0 Å². The molecule has 5 heteroatoms. The summed E-state index contributed by atoms with van der Waals surface area (Å²) in [7, 11) is 0. The van der Waals surface area contributed by atoms with Gasteiger partial charge in [0.2, 0.25) is 0 Å². The van der Waals surface area contributed by atoms with Crippen molar-refractivity contribution in [2.24, 2.45) is 0 Å². The molecule has 3 nitrogen and oxygen atoms in total. The summed E-state index contributed by atoms with van der Waals surface area (Å²) in [5.74, 6) is -0.185. The monoisotopic (exact) mass is 246 g/mol. The number of nitrogens with zero attached hydrogens (tertiary/aromatic N) is 1. The van der Waals surface area contributed by atoms with Crippen molar-refractivity contribution < 1.29 is 4.79 Å². The van der Waals surface area contributed by atoms with Crippen LogP contribution in [0, 0.1) is 0 Å². The van der Waals surface area contributed by atoms with E-state index in [4.69, 9.17) is 23.2 Å². The van der Waals surface area contributed by atoms with E-state index < -0.39 is 0 Å². The number of halogens is 2. The summed E-state index contributed by atoms with van der Waals surface area (Å²) < 4.78 is 0. The van der Waals surface area contributed by atoms with E-state index in [1.807, 2.05) is 13.8 Å². The fourth-order valence-electron chi connectivity index (χ4n) is 1.01. The van der Waals surface area contributed by atoms with Gasteiger partial charge in [-0.05, 0) is 25.5 Å². The second kappa shape index (κ2) is 5.33. The summed E-state index contributed by atoms with van der Waals surface area (Å²) in [6.07, 6.45) is 0.873. The van der Waals surface area contributed by atoms with Gasteiger partial charge in [-0.3, -0.25) is 4.79 Å². The molecule has 0 saturated heterocycles. The molecule has 1 atom stereocenters. The highest BCUT2D eigenvalue weighted by Crippen LogP contribution is 2.14. The Kier molecular flexibility index (Phi) is 4.36. The summed E-state index contributed by atoms with van der Waals surface area (Å²) in [5, 5.41) is 3.25. The molecular formula is C10H12Cl2N2O. The molecule has 0 aliphatic rings. The zero-order valence-corrected chi connectivity index (χ0v) is 10.1. The lowest BCUT2D eigenvalue weighted by Gasteiger charge is -2.11. The van der Waals surface area contributed by atoms with Gasteiger partial charge < -0.3 is 5.32 Å². The molecule has 0 radical (unpaired) electrons. The van der Waals surface area contributed by atoms with Gasteiger partial charge in [-0.1, -0.05) is 30.1 Å². The fourth-order valence-corrected chi connectivity index (χ4v) is 1.47. The molecule has 0 aliphatic carbocycles. The van der Waals surface area contributed by atoms with E-state index in [9.17, 15) is 4.79 Å². The van der Waals surface area contributed by atoms with Gasteiger partial charge in [0, 0.05) is 11.6 Å². The fraction of sp³-hybridized carbons (Fsp3) is 0.400. The van der Waals surface area contributed by atoms with Gasteiger partial charge in [0.1, 0.15) is 10.3 Å². The first-order valence-electron chi connectivity index (χ1n) is 4.67. The number of amides is 1. The van der Waals surface area contributed by atoms with E-state index in [1.165, 1.54) is 12.1 Å². The molecule has 1 aromatic rings. The van der Waals surface area contributed by atoms with E-state index in [2.05, 4.69) is 10.3 Å². The Balaban J connectivity index is 2.82. The summed E-state index contributed by atoms with van der Waals surface area (Å²) in [5.41, 5.74) is 0.431. The van der Waals surface area contributed by atoms with Crippen LogP contribution in [-0.4, -0.2) is 16.9 Å². The number of hydrogen-bond acceptors (Lipinski definition) is 2. The Morgan fingerprint density at radius 2 is 2.00 bits per heavy atom. The van der Waals surface area contributed by atoms with E-state index in [-0.39, 0.29) is 22.3 Å². The van der Waals surface area contributed by atoms with Crippen LogP contribution >= 0.6 is 23.2 Å². The van der Waals surface area contributed by atoms with E-state index in [0.29, 0.717) is 5.56 Å². The first-order chi connectivity index (χ1) is 7.02. The molecule has 0 fully saturated rings. The van der Waals surface area contributed by atoms with Crippen LogP contribution in [0.4, 0.5) is 0 Å². The van der Waals surface area contributed by atoms with Crippen molar-refractivity contribution in [3.05, 3.63) is 28.0 Å². The standard InChI is InChI=1S/C10H12Cl2N2O/c1-3-6(2)13-10(15)7-4-8(11)14-9(12)5-7/h4-6H,3H2,1-2H3,(H,13,15). The maximum atomic E-state index is 11.7. The molecule has 15 heavy (non-hydrogen) atoms. The molecule has 1 amide bonds. The van der Waals surface area contributed by atoms with Crippen LogP contribution in [0.2, 0.25) is 10.3 Å². The van der Waals surface area contributed by atoms with Crippen molar-refractivity contribution in [1.82, 2.24) is 10.3 Å². The van der Waals surface area contributed by atoms with Crippen molar-refractivity contribution >= 4 is 29.1 Å². The largest absolute Gasteiger partial charge is 0.350 e. The zero-order valence-electron chi connectivity index (χ0n) is 8.55. The first kappa shape index (κ1) is 12.3. The van der Waals surface area contributed by atoms with Crippen LogP contribution in [0.1, 0.15) is 30.6 Å². The number of nitrogens with one attached hydrogen (secondary N) is 1. The average Bonchev–Trinajstić information content (AvgIpc) is 2.16. The predicted octanol–water partition coefficient (Wildman–Crippen LogP) is 2.92. The highest BCUT2D eigenvalue weighted by molar-refractivity contribution is 6.33. The van der Waals surface area contributed by atoms with Crippen molar-refractivity contribution in [1.29, 1.82) is 0 Å². The molecule has 82 valence electrons. The summed E-state index contributed by atoms with van der Waals surface area (Å²) >= 11 is 11.4. The Morgan fingerprint density at radius 1 is 1.47 bits per heavy atom. The normalized spacial score (nSPS) is 12.3.